The van der Waals surface area contributed by atoms with E-state index in [0.717, 1.165) is 17.7 Å². The summed E-state index contributed by atoms with van der Waals surface area (Å²) in [7, 11) is 0. The van der Waals surface area contributed by atoms with Crippen LogP contribution < -0.4 is 5.32 Å². The van der Waals surface area contributed by atoms with E-state index >= 15 is 0 Å². The summed E-state index contributed by atoms with van der Waals surface area (Å²) in [5.74, 6) is 0.0504. The molecule has 0 spiro atoms. The zero-order valence-corrected chi connectivity index (χ0v) is 12.7. The number of hydrogen-bond donors (Lipinski definition) is 1. The summed E-state index contributed by atoms with van der Waals surface area (Å²) in [4.78, 5) is 11.9. The van der Waals surface area contributed by atoms with Crippen LogP contribution in [0.1, 0.15) is 32.8 Å². The normalized spacial score (nSPS) is 11.4. The maximum absolute atomic E-state index is 11.9. The van der Waals surface area contributed by atoms with E-state index in [1.807, 2.05) is 24.3 Å². The summed E-state index contributed by atoms with van der Waals surface area (Å²) in [6.45, 7) is 7.20. The molecule has 0 saturated heterocycles. The fourth-order valence-corrected chi connectivity index (χ4v) is 1.87. The Kier molecular flexibility index (Phi) is 4.67. The minimum atomic E-state index is 0.0504. The van der Waals surface area contributed by atoms with Gasteiger partial charge >= 0.3 is 0 Å². The van der Waals surface area contributed by atoms with Crippen molar-refractivity contribution < 1.29 is 4.79 Å². The highest BCUT2D eigenvalue weighted by molar-refractivity contribution is 5.78. The zero-order chi connectivity index (χ0) is 15.3. The summed E-state index contributed by atoms with van der Waals surface area (Å²) in [6.07, 6.45) is 2.89. The summed E-state index contributed by atoms with van der Waals surface area (Å²) in [5, 5.41) is 14.0. The summed E-state index contributed by atoms with van der Waals surface area (Å²) >= 11 is 0. The van der Waals surface area contributed by atoms with Crippen molar-refractivity contribution in [1.82, 2.24) is 25.5 Å². The molecule has 1 aromatic heterocycles. The Morgan fingerprint density at radius 1 is 1.24 bits per heavy atom. The van der Waals surface area contributed by atoms with Crippen molar-refractivity contribution in [2.75, 3.05) is 6.54 Å². The van der Waals surface area contributed by atoms with E-state index in [-0.39, 0.29) is 11.3 Å². The van der Waals surface area contributed by atoms with Crippen LogP contribution in [0.3, 0.4) is 0 Å². The zero-order valence-electron chi connectivity index (χ0n) is 12.7. The van der Waals surface area contributed by atoms with Gasteiger partial charge in [0.1, 0.15) is 6.33 Å². The fourth-order valence-electron chi connectivity index (χ4n) is 1.87. The Hall–Kier alpha value is -2.24. The molecule has 0 radical (unpaired) electrons. The van der Waals surface area contributed by atoms with Crippen molar-refractivity contribution in [3.05, 3.63) is 36.2 Å². The van der Waals surface area contributed by atoms with Gasteiger partial charge in [-0.05, 0) is 40.0 Å². The van der Waals surface area contributed by atoms with Gasteiger partial charge in [-0.1, -0.05) is 32.9 Å². The lowest BCUT2D eigenvalue weighted by atomic mass is 9.92. The third-order valence-corrected chi connectivity index (χ3v) is 3.11. The Morgan fingerprint density at radius 2 is 1.95 bits per heavy atom. The number of hydrogen-bond acceptors (Lipinski definition) is 4. The average Bonchev–Trinajstić information content (AvgIpc) is 2.92. The number of nitrogens with one attached hydrogen (secondary N) is 1. The van der Waals surface area contributed by atoms with Gasteiger partial charge in [0.25, 0.3) is 0 Å². The van der Waals surface area contributed by atoms with Crippen LogP contribution in [0.5, 0.6) is 0 Å². The van der Waals surface area contributed by atoms with Crippen LogP contribution in [0.2, 0.25) is 0 Å². The molecule has 0 saturated carbocycles. The first-order valence-electron chi connectivity index (χ1n) is 7.03. The van der Waals surface area contributed by atoms with Crippen molar-refractivity contribution in [3.8, 4) is 5.69 Å². The van der Waals surface area contributed by atoms with Crippen LogP contribution in [0.15, 0.2) is 30.6 Å². The molecule has 0 aliphatic carbocycles. The summed E-state index contributed by atoms with van der Waals surface area (Å²) in [6, 6.07) is 7.63. The topological polar surface area (TPSA) is 72.7 Å². The first kappa shape index (κ1) is 15.2. The van der Waals surface area contributed by atoms with Gasteiger partial charge in [-0.25, -0.2) is 4.68 Å². The number of carbonyl (C=O) groups is 1. The van der Waals surface area contributed by atoms with Crippen LogP contribution >= 0.6 is 0 Å². The van der Waals surface area contributed by atoms with Crippen molar-refractivity contribution in [3.63, 3.8) is 0 Å². The molecule has 21 heavy (non-hydrogen) atoms. The quantitative estimate of drug-likeness (QED) is 0.909. The molecule has 0 aliphatic rings. The molecule has 1 aromatic carbocycles. The predicted molar refractivity (Wildman–Crippen MR) is 79.9 cm³/mol. The number of aromatic nitrogens is 4. The molecule has 112 valence electrons. The number of amides is 1. The minimum absolute atomic E-state index is 0.0504. The van der Waals surface area contributed by atoms with E-state index in [0.29, 0.717) is 13.0 Å². The van der Waals surface area contributed by atoms with Crippen LogP contribution in [0.4, 0.5) is 0 Å². The van der Waals surface area contributed by atoms with Crippen LogP contribution in [0.25, 0.3) is 5.69 Å². The number of tetrazole rings is 1. The molecule has 1 heterocycles. The van der Waals surface area contributed by atoms with Crippen LogP contribution in [0, 0.1) is 5.41 Å². The summed E-state index contributed by atoms with van der Waals surface area (Å²) < 4.78 is 1.58. The van der Waals surface area contributed by atoms with Gasteiger partial charge in [-0.2, -0.15) is 0 Å². The monoisotopic (exact) mass is 287 g/mol. The van der Waals surface area contributed by atoms with Crippen molar-refractivity contribution in [2.24, 2.45) is 5.41 Å². The second-order valence-corrected chi connectivity index (χ2v) is 6.26. The molecular formula is C15H21N5O. The Labute approximate surface area is 124 Å². The number of rotatable bonds is 5. The van der Waals surface area contributed by atoms with E-state index in [2.05, 4.69) is 41.6 Å². The molecule has 2 rings (SSSR count). The third-order valence-electron chi connectivity index (χ3n) is 3.11. The highest BCUT2D eigenvalue weighted by Gasteiger charge is 2.10. The van der Waals surface area contributed by atoms with E-state index < -0.39 is 0 Å². The molecule has 6 nitrogen and oxygen atoms in total. The maximum atomic E-state index is 11.9. The highest BCUT2D eigenvalue weighted by Crippen LogP contribution is 2.17. The Balaban J connectivity index is 1.84. The van der Waals surface area contributed by atoms with Crippen molar-refractivity contribution in [1.29, 1.82) is 0 Å². The van der Waals surface area contributed by atoms with Gasteiger partial charge in [0, 0.05) is 6.54 Å². The summed E-state index contributed by atoms with van der Waals surface area (Å²) in [5.41, 5.74) is 2.08. The Morgan fingerprint density at radius 3 is 2.52 bits per heavy atom. The molecule has 6 heteroatoms. The Bertz CT molecular complexity index is 569. The third kappa shape index (κ3) is 4.98. The van der Waals surface area contributed by atoms with Gasteiger partial charge in [-0.15, -0.1) is 5.10 Å². The van der Waals surface area contributed by atoms with E-state index in [1.54, 1.807) is 4.68 Å². The molecule has 0 unspecified atom stereocenters. The molecule has 1 N–H and O–H groups in total. The molecule has 0 atom stereocenters. The molecular weight excluding hydrogens is 266 g/mol. The second kappa shape index (κ2) is 6.47. The maximum Gasteiger partial charge on any atom is 0.224 e. The standard InChI is InChI=1S/C15H21N5O/c1-15(2,3)8-9-16-14(21)10-12-4-6-13(7-5-12)20-11-17-18-19-20/h4-7,11H,8-10H2,1-3H3,(H,16,21). The lowest BCUT2D eigenvalue weighted by Gasteiger charge is -2.18. The van der Waals surface area contributed by atoms with E-state index in [9.17, 15) is 4.79 Å². The molecule has 0 fully saturated rings. The lowest BCUT2D eigenvalue weighted by Crippen LogP contribution is -2.28. The van der Waals surface area contributed by atoms with Gasteiger partial charge < -0.3 is 5.32 Å². The average molecular weight is 287 g/mol. The molecule has 1 amide bonds. The molecule has 2 aromatic rings. The van der Waals surface area contributed by atoms with Crippen LogP contribution in [-0.2, 0) is 11.2 Å². The fraction of sp³-hybridized carbons (Fsp3) is 0.467. The SMILES string of the molecule is CC(C)(C)CCNC(=O)Cc1ccc(-n2cnnn2)cc1. The van der Waals surface area contributed by atoms with E-state index in [1.165, 1.54) is 6.33 Å². The smallest absolute Gasteiger partial charge is 0.224 e. The number of benzene rings is 1. The first-order chi connectivity index (χ1) is 9.94. The van der Waals surface area contributed by atoms with E-state index in [4.69, 9.17) is 0 Å². The molecule has 0 aliphatic heterocycles. The first-order valence-corrected chi connectivity index (χ1v) is 7.03. The number of nitrogens with zero attached hydrogens (tertiary/aromatic N) is 4. The van der Waals surface area contributed by atoms with Gasteiger partial charge in [0.2, 0.25) is 5.91 Å². The minimum Gasteiger partial charge on any atom is -0.356 e. The van der Waals surface area contributed by atoms with Gasteiger partial charge in [0.15, 0.2) is 0 Å². The van der Waals surface area contributed by atoms with Gasteiger partial charge in [0.05, 0.1) is 12.1 Å². The van der Waals surface area contributed by atoms with Gasteiger partial charge in [-0.3, -0.25) is 4.79 Å². The lowest BCUT2D eigenvalue weighted by molar-refractivity contribution is -0.120. The second-order valence-electron chi connectivity index (χ2n) is 6.26. The largest absolute Gasteiger partial charge is 0.356 e. The van der Waals surface area contributed by atoms with Crippen molar-refractivity contribution >= 4 is 5.91 Å². The molecule has 0 bridgehead atoms. The van der Waals surface area contributed by atoms with Crippen molar-refractivity contribution in [2.45, 2.75) is 33.6 Å². The highest BCUT2D eigenvalue weighted by atomic mass is 16.1. The van der Waals surface area contributed by atoms with Crippen LogP contribution in [-0.4, -0.2) is 32.7 Å². The number of carbonyl (C=O) groups excluding carboxylic acids is 1. The predicted octanol–water partition coefficient (Wildman–Crippen LogP) is 1.76.